The number of ether oxygens (including phenoxy) is 1. The summed E-state index contributed by atoms with van der Waals surface area (Å²) in [5.41, 5.74) is 1.26. The van der Waals surface area contributed by atoms with Gasteiger partial charge in [0.15, 0.2) is 5.96 Å². The standard InChI is InChI=1S/C17H29N3O.HI/c1-4-5-12-19-17(18-3)20-13-6-7-14-21-16-10-8-15(2)9-11-16;/h8-11H,4-7,12-14H2,1-3H3,(H2,18,19,20);1H. The maximum absolute atomic E-state index is 5.70. The van der Waals surface area contributed by atoms with Crippen molar-refractivity contribution in [3.63, 3.8) is 0 Å². The Morgan fingerprint density at radius 2 is 1.68 bits per heavy atom. The minimum atomic E-state index is 0. The Hall–Kier alpha value is -0.980. The monoisotopic (exact) mass is 419 g/mol. The zero-order valence-corrected chi connectivity index (χ0v) is 16.4. The summed E-state index contributed by atoms with van der Waals surface area (Å²) in [4.78, 5) is 4.20. The highest BCUT2D eigenvalue weighted by Crippen LogP contribution is 2.11. The third-order valence-electron chi connectivity index (χ3n) is 3.20. The Balaban J connectivity index is 0.00000441. The molecule has 1 aromatic carbocycles. The second kappa shape index (κ2) is 13.7. The average molecular weight is 419 g/mol. The highest BCUT2D eigenvalue weighted by Gasteiger charge is 1.97. The molecule has 22 heavy (non-hydrogen) atoms. The van der Waals surface area contributed by atoms with Crippen molar-refractivity contribution in [1.82, 2.24) is 10.6 Å². The summed E-state index contributed by atoms with van der Waals surface area (Å²) < 4.78 is 5.70. The molecule has 0 saturated carbocycles. The highest BCUT2D eigenvalue weighted by molar-refractivity contribution is 14.0. The van der Waals surface area contributed by atoms with E-state index in [1.54, 1.807) is 0 Å². The average Bonchev–Trinajstić information content (AvgIpc) is 2.50. The SMILES string of the molecule is CCCCNC(=NC)NCCCCOc1ccc(C)cc1.I. The largest absolute Gasteiger partial charge is 0.494 e. The lowest BCUT2D eigenvalue weighted by molar-refractivity contribution is 0.307. The fraction of sp³-hybridized carbons (Fsp3) is 0.588. The molecule has 5 heteroatoms. The van der Waals surface area contributed by atoms with Crippen LogP contribution in [0.4, 0.5) is 0 Å². The molecule has 0 amide bonds. The number of aliphatic imine (C=N–C) groups is 1. The van der Waals surface area contributed by atoms with E-state index in [1.165, 1.54) is 18.4 Å². The Morgan fingerprint density at radius 1 is 1.05 bits per heavy atom. The first-order chi connectivity index (χ1) is 10.3. The number of aryl methyl sites for hydroxylation is 1. The van der Waals surface area contributed by atoms with Crippen molar-refractivity contribution in [3.8, 4) is 5.75 Å². The van der Waals surface area contributed by atoms with Crippen LogP contribution in [0.15, 0.2) is 29.3 Å². The number of hydrogen-bond acceptors (Lipinski definition) is 2. The Labute approximate surface area is 152 Å². The molecule has 0 bridgehead atoms. The number of benzene rings is 1. The first-order valence-electron chi connectivity index (χ1n) is 7.90. The van der Waals surface area contributed by atoms with Gasteiger partial charge in [-0.1, -0.05) is 31.0 Å². The van der Waals surface area contributed by atoms with Gasteiger partial charge in [0.1, 0.15) is 5.75 Å². The number of nitrogens with zero attached hydrogens (tertiary/aromatic N) is 1. The van der Waals surface area contributed by atoms with Gasteiger partial charge in [-0.2, -0.15) is 0 Å². The Kier molecular flexibility index (Phi) is 13.1. The molecule has 0 unspecified atom stereocenters. The van der Waals surface area contributed by atoms with Gasteiger partial charge in [0.05, 0.1) is 6.61 Å². The third-order valence-corrected chi connectivity index (χ3v) is 3.20. The summed E-state index contributed by atoms with van der Waals surface area (Å²) in [5.74, 6) is 1.84. The molecule has 0 aliphatic carbocycles. The van der Waals surface area contributed by atoms with Crippen LogP contribution >= 0.6 is 24.0 Å². The summed E-state index contributed by atoms with van der Waals surface area (Å²) in [6, 6.07) is 8.19. The second-order valence-electron chi connectivity index (χ2n) is 5.15. The maximum Gasteiger partial charge on any atom is 0.190 e. The molecule has 4 nitrogen and oxygen atoms in total. The van der Waals surface area contributed by atoms with Crippen LogP contribution in [0, 0.1) is 6.92 Å². The molecular weight excluding hydrogens is 389 g/mol. The summed E-state index contributed by atoms with van der Waals surface area (Å²) in [5, 5.41) is 6.62. The van der Waals surface area contributed by atoms with Crippen molar-refractivity contribution in [3.05, 3.63) is 29.8 Å². The van der Waals surface area contributed by atoms with Gasteiger partial charge in [-0.05, 0) is 38.3 Å². The van der Waals surface area contributed by atoms with Gasteiger partial charge in [-0.15, -0.1) is 24.0 Å². The minimum absolute atomic E-state index is 0. The molecule has 126 valence electrons. The van der Waals surface area contributed by atoms with Crippen molar-refractivity contribution in [1.29, 1.82) is 0 Å². The van der Waals surface area contributed by atoms with Gasteiger partial charge in [-0.25, -0.2) is 0 Å². The topological polar surface area (TPSA) is 45.7 Å². The van der Waals surface area contributed by atoms with Crippen molar-refractivity contribution in [2.75, 3.05) is 26.7 Å². The van der Waals surface area contributed by atoms with Crippen molar-refractivity contribution in [2.24, 2.45) is 4.99 Å². The van der Waals surface area contributed by atoms with E-state index in [0.29, 0.717) is 0 Å². The van der Waals surface area contributed by atoms with Gasteiger partial charge >= 0.3 is 0 Å². The first-order valence-corrected chi connectivity index (χ1v) is 7.90. The van der Waals surface area contributed by atoms with Gasteiger partial charge in [0, 0.05) is 20.1 Å². The van der Waals surface area contributed by atoms with E-state index in [4.69, 9.17) is 4.74 Å². The lowest BCUT2D eigenvalue weighted by Crippen LogP contribution is -2.38. The number of hydrogen-bond donors (Lipinski definition) is 2. The maximum atomic E-state index is 5.70. The molecule has 0 aliphatic heterocycles. The highest BCUT2D eigenvalue weighted by atomic mass is 127. The Morgan fingerprint density at radius 3 is 2.27 bits per heavy atom. The van der Waals surface area contributed by atoms with E-state index in [2.05, 4.69) is 41.6 Å². The summed E-state index contributed by atoms with van der Waals surface area (Å²) in [7, 11) is 1.81. The zero-order valence-electron chi connectivity index (χ0n) is 14.0. The Bertz CT molecular complexity index is 407. The van der Waals surface area contributed by atoms with E-state index in [-0.39, 0.29) is 24.0 Å². The second-order valence-corrected chi connectivity index (χ2v) is 5.15. The molecule has 0 aromatic heterocycles. The van der Waals surface area contributed by atoms with Crippen LogP contribution in [0.2, 0.25) is 0 Å². The van der Waals surface area contributed by atoms with Crippen LogP contribution in [-0.2, 0) is 0 Å². The lowest BCUT2D eigenvalue weighted by atomic mass is 10.2. The third kappa shape index (κ3) is 9.87. The number of unbranched alkanes of at least 4 members (excludes halogenated alkanes) is 2. The zero-order chi connectivity index (χ0) is 15.3. The predicted molar refractivity (Wildman–Crippen MR) is 106 cm³/mol. The molecule has 0 aliphatic rings. The fourth-order valence-electron chi connectivity index (χ4n) is 1.86. The normalized spacial score (nSPS) is 10.8. The molecule has 2 N–H and O–H groups in total. The number of nitrogens with one attached hydrogen (secondary N) is 2. The molecule has 0 spiro atoms. The summed E-state index contributed by atoms with van der Waals surface area (Å²) in [6.45, 7) is 6.92. The van der Waals surface area contributed by atoms with Gasteiger partial charge in [0.2, 0.25) is 0 Å². The number of rotatable bonds is 9. The van der Waals surface area contributed by atoms with Crippen LogP contribution in [0.1, 0.15) is 38.2 Å². The summed E-state index contributed by atoms with van der Waals surface area (Å²) in [6.07, 6.45) is 4.47. The molecule has 0 radical (unpaired) electrons. The van der Waals surface area contributed by atoms with Crippen molar-refractivity contribution >= 4 is 29.9 Å². The number of guanidine groups is 1. The molecule has 1 rings (SSSR count). The molecular formula is C17H30IN3O. The number of halogens is 1. The molecule has 0 saturated heterocycles. The predicted octanol–water partition coefficient (Wildman–Crippen LogP) is 3.74. The fourth-order valence-corrected chi connectivity index (χ4v) is 1.86. The molecule has 0 fully saturated rings. The van der Waals surface area contributed by atoms with E-state index in [1.807, 2.05) is 19.2 Å². The van der Waals surface area contributed by atoms with Crippen molar-refractivity contribution < 1.29 is 4.74 Å². The first kappa shape index (κ1) is 21.0. The quantitative estimate of drug-likeness (QED) is 0.278. The lowest BCUT2D eigenvalue weighted by Gasteiger charge is -2.11. The van der Waals surface area contributed by atoms with Crippen LogP contribution in [-0.4, -0.2) is 32.7 Å². The molecule has 0 heterocycles. The van der Waals surface area contributed by atoms with Gasteiger partial charge in [0.25, 0.3) is 0 Å². The summed E-state index contributed by atoms with van der Waals surface area (Å²) >= 11 is 0. The van der Waals surface area contributed by atoms with Gasteiger partial charge in [-0.3, -0.25) is 4.99 Å². The van der Waals surface area contributed by atoms with Crippen LogP contribution < -0.4 is 15.4 Å². The van der Waals surface area contributed by atoms with Crippen LogP contribution in [0.5, 0.6) is 5.75 Å². The van der Waals surface area contributed by atoms with Crippen molar-refractivity contribution in [2.45, 2.75) is 39.5 Å². The van der Waals surface area contributed by atoms with E-state index in [9.17, 15) is 0 Å². The van der Waals surface area contributed by atoms with E-state index in [0.717, 1.165) is 44.2 Å². The smallest absolute Gasteiger partial charge is 0.190 e. The van der Waals surface area contributed by atoms with Crippen LogP contribution in [0.3, 0.4) is 0 Å². The van der Waals surface area contributed by atoms with Gasteiger partial charge < -0.3 is 15.4 Å². The minimum Gasteiger partial charge on any atom is -0.494 e. The molecule has 0 atom stereocenters. The van der Waals surface area contributed by atoms with E-state index < -0.39 is 0 Å². The molecule has 1 aromatic rings. The van der Waals surface area contributed by atoms with Crippen LogP contribution in [0.25, 0.3) is 0 Å². The van der Waals surface area contributed by atoms with E-state index >= 15 is 0 Å².